The smallest absolute Gasteiger partial charge is 0.548 e. The zero-order chi connectivity index (χ0) is 14.4. The molecule has 0 aliphatic heterocycles. The molecular weight excluding hydrogens is 269 g/mol. The number of ether oxygens (including phenoxy) is 1. The van der Waals surface area contributed by atoms with Gasteiger partial charge in [0.25, 0.3) is 5.91 Å². The maximum atomic E-state index is 11.9. The first kappa shape index (κ1) is 19.0. The number of hydrogen-bond donors (Lipinski definition) is 1. The van der Waals surface area contributed by atoms with Crippen LogP contribution in [0.2, 0.25) is 0 Å². The largest absolute Gasteiger partial charge is 1.00 e. The molecule has 1 aromatic rings. The third kappa shape index (κ3) is 5.94. The number of nitrogens with one attached hydrogen (secondary N) is 1. The zero-order valence-electron chi connectivity index (χ0n) is 12.3. The number of aliphatic carboxylic acids is 1. The van der Waals surface area contributed by atoms with Crippen LogP contribution >= 0.6 is 0 Å². The molecule has 0 spiro atoms. The van der Waals surface area contributed by atoms with Gasteiger partial charge < -0.3 is 20.0 Å². The first-order valence-corrected chi connectivity index (χ1v) is 6.09. The summed E-state index contributed by atoms with van der Waals surface area (Å²) < 4.78 is 4.99. The molecule has 0 fully saturated rings. The third-order valence-electron chi connectivity index (χ3n) is 2.65. The minimum absolute atomic E-state index is 0. The molecule has 0 heterocycles. The molecule has 6 heteroatoms. The second-order valence-electron chi connectivity index (χ2n) is 4.70. The van der Waals surface area contributed by atoms with Crippen LogP contribution in [-0.4, -0.2) is 25.0 Å². The summed E-state index contributed by atoms with van der Waals surface area (Å²) in [6.07, 6.45) is 0.338. The summed E-state index contributed by atoms with van der Waals surface area (Å²) in [5, 5.41) is 13.4. The van der Waals surface area contributed by atoms with Crippen molar-refractivity contribution in [2.45, 2.75) is 26.3 Å². The number of methoxy groups -OCH3 is 1. The van der Waals surface area contributed by atoms with E-state index in [1.54, 1.807) is 24.3 Å². The van der Waals surface area contributed by atoms with Crippen molar-refractivity contribution >= 4 is 11.9 Å². The topological polar surface area (TPSA) is 78.5 Å². The van der Waals surface area contributed by atoms with E-state index in [0.717, 1.165) is 0 Å². The van der Waals surface area contributed by atoms with E-state index in [1.165, 1.54) is 7.11 Å². The second kappa shape index (κ2) is 9.00. The molecule has 0 saturated carbocycles. The summed E-state index contributed by atoms with van der Waals surface area (Å²) in [4.78, 5) is 22.9. The van der Waals surface area contributed by atoms with E-state index >= 15 is 0 Å². The van der Waals surface area contributed by atoms with Crippen molar-refractivity contribution < 1.29 is 49.0 Å². The Hall–Kier alpha value is -1.04. The van der Waals surface area contributed by atoms with Crippen LogP contribution in [0, 0.1) is 5.92 Å². The molecule has 104 valence electrons. The van der Waals surface area contributed by atoms with Gasteiger partial charge in [-0.25, -0.2) is 0 Å². The molecule has 1 N–H and O–H groups in total. The number of hydrogen-bond acceptors (Lipinski definition) is 4. The summed E-state index contributed by atoms with van der Waals surface area (Å²) >= 11 is 0. The fourth-order valence-corrected chi connectivity index (χ4v) is 1.67. The van der Waals surface area contributed by atoms with Crippen LogP contribution in [0.4, 0.5) is 0 Å². The van der Waals surface area contributed by atoms with Crippen LogP contribution in [0.1, 0.15) is 30.6 Å². The van der Waals surface area contributed by atoms with Gasteiger partial charge >= 0.3 is 29.6 Å². The molecule has 1 amide bonds. The monoisotopic (exact) mass is 287 g/mol. The van der Waals surface area contributed by atoms with E-state index < -0.39 is 17.9 Å². The summed E-state index contributed by atoms with van der Waals surface area (Å²) in [6.45, 7) is 3.77. The zero-order valence-corrected chi connectivity index (χ0v) is 14.3. The Balaban J connectivity index is 0.00000361. The van der Waals surface area contributed by atoms with Crippen molar-refractivity contribution in [3.05, 3.63) is 29.8 Å². The number of carbonyl (C=O) groups is 2. The first-order valence-electron chi connectivity index (χ1n) is 6.09. The van der Waals surface area contributed by atoms with Crippen molar-refractivity contribution in [1.82, 2.24) is 5.32 Å². The average Bonchev–Trinajstić information content (AvgIpc) is 2.37. The van der Waals surface area contributed by atoms with Crippen LogP contribution in [-0.2, 0) is 4.79 Å². The predicted molar refractivity (Wildman–Crippen MR) is 68.7 cm³/mol. The Morgan fingerprint density at radius 3 is 2.20 bits per heavy atom. The molecule has 5 nitrogen and oxygen atoms in total. The SMILES string of the molecule is COc1ccc(C(=O)NC(CC(C)C)C(=O)[O-])cc1.[Na+]. The van der Waals surface area contributed by atoms with Crippen molar-refractivity contribution in [3.8, 4) is 5.75 Å². The second-order valence-corrected chi connectivity index (χ2v) is 4.70. The number of amides is 1. The number of carboxylic acid groups (broad SMARTS) is 1. The van der Waals surface area contributed by atoms with Gasteiger partial charge in [-0.05, 0) is 36.6 Å². The van der Waals surface area contributed by atoms with Crippen LogP contribution in [0.3, 0.4) is 0 Å². The molecule has 0 aliphatic carbocycles. The van der Waals surface area contributed by atoms with Crippen molar-refractivity contribution in [2.24, 2.45) is 5.92 Å². The number of rotatable bonds is 6. The molecule has 0 saturated heterocycles. The van der Waals surface area contributed by atoms with Gasteiger partial charge in [0.2, 0.25) is 0 Å². The molecule has 1 atom stereocenters. The Labute approximate surface area is 141 Å². The predicted octanol–water partition coefficient (Wildman–Crippen LogP) is -2.41. The van der Waals surface area contributed by atoms with Crippen LogP contribution in [0.5, 0.6) is 5.75 Å². The molecule has 0 aliphatic rings. The van der Waals surface area contributed by atoms with Gasteiger partial charge in [-0.15, -0.1) is 0 Å². The molecule has 0 radical (unpaired) electrons. The number of benzene rings is 1. The van der Waals surface area contributed by atoms with E-state index in [9.17, 15) is 14.7 Å². The summed E-state index contributed by atoms with van der Waals surface area (Å²) in [5.74, 6) is -0.915. The minimum Gasteiger partial charge on any atom is -0.548 e. The van der Waals surface area contributed by atoms with E-state index in [-0.39, 0.29) is 35.5 Å². The van der Waals surface area contributed by atoms with Gasteiger partial charge in [0.15, 0.2) is 0 Å². The third-order valence-corrected chi connectivity index (χ3v) is 2.65. The molecular formula is C14H18NNaO4. The van der Waals surface area contributed by atoms with Gasteiger partial charge in [-0.3, -0.25) is 4.79 Å². The van der Waals surface area contributed by atoms with Gasteiger partial charge in [0.1, 0.15) is 5.75 Å². The van der Waals surface area contributed by atoms with Crippen LogP contribution in [0.25, 0.3) is 0 Å². The minimum atomic E-state index is -1.27. The molecule has 1 aromatic carbocycles. The van der Waals surface area contributed by atoms with E-state index in [4.69, 9.17) is 4.74 Å². The average molecular weight is 287 g/mol. The fourth-order valence-electron chi connectivity index (χ4n) is 1.67. The quantitative estimate of drug-likeness (QED) is 0.591. The Morgan fingerprint density at radius 2 is 1.80 bits per heavy atom. The van der Waals surface area contributed by atoms with Crippen molar-refractivity contribution in [1.29, 1.82) is 0 Å². The first-order chi connectivity index (χ1) is 8.93. The number of carboxylic acids is 1. The van der Waals surface area contributed by atoms with Gasteiger partial charge in [-0.1, -0.05) is 13.8 Å². The van der Waals surface area contributed by atoms with Gasteiger partial charge in [-0.2, -0.15) is 0 Å². The maximum absolute atomic E-state index is 11.9. The standard InChI is InChI=1S/C14H19NO4.Na/c1-9(2)8-12(14(17)18)15-13(16)10-4-6-11(19-3)7-5-10;/h4-7,9,12H,8H2,1-3H3,(H,15,16)(H,17,18);/q;+1/p-1. The molecule has 1 rings (SSSR count). The molecule has 1 unspecified atom stereocenters. The fraction of sp³-hybridized carbons (Fsp3) is 0.429. The van der Waals surface area contributed by atoms with Crippen molar-refractivity contribution in [2.75, 3.05) is 7.11 Å². The van der Waals surface area contributed by atoms with Crippen LogP contribution < -0.4 is 44.7 Å². The van der Waals surface area contributed by atoms with E-state index in [2.05, 4.69) is 5.32 Å². The summed E-state index contributed by atoms with van der Waals surface area (Å²) in [7, 11) is 1.53. The van der Waals surface area contributed by atoms with E-state index in [0.29, 0.717) is 17.7 Å². The molecule has 0 bridgehead atoms. The Bertz CT molecular complexity index is 445. The number of carbonyl (C=O) groups excluding carboxylic acids is 2. The molecule has 0 aromatic heterocycles. The van der Waals surface area contributed by atoms with Gasteiger partial charge in [0.05, 0.1) is 19.1 Å². The Kier molecular flexibility index (Phi) is 8.53. The summed E-state index contributed by atoms with van der Waals surface area (Å²) in [5.41, 5.74) is 0.385. The normalized spacial score (nSPS) is 11.4. The van der Waals surface area contributed by atoms with Crippen molar-refractivity contribution in [3.63, 3.8) is 0 Å². The maximum Gasteiger partial charge on any atom is 1.00 e. The Morgan fingerprint density at radius 1 is 1.25 bits per heavy atom. The van der Waals surface area contributed by atoms with Gasteiger partial charge in [0, 0.05) is 5.56 Å². The summed E-state index contributed by atoms with van der Waals surface area (Å²) in [6, 6.07) is 5.47. The molecule has 20 heavy (non-hydrogen) atoms. The van der Waals surface area contributed by atoms with E-state index in [1.807, 2.05) is 13.8 Å². The van der Waals surface area contributed by atoms with Crippen LogP contribution in [0.15, 0.2) is 24.3 Å².